The van der Waals surface area contributed by atoms with Crippen molar-refractivity contribution in [2.24, 2.45) is 5.41 Å². The topological polar surface area (TPSA) is 26.3 Å². The van der Waals surface area contributed by atoms with Crippen LogP contribution in [0.3, 0.4) is 0 Å². The summed E-state index contributed by atoms with van der Waals surface area (Å²) in [5, 5.41) is 0. The fraction of sp³-hybridized carbons (Fsp3) is 0.889. The molecule has 0 bridgehead atoms. The Morgan fingerprint density at radius 1 is 1.25 bits per heavy atom. The van der Waals surface area contributed by atoms with E-state index in [4.69, 9.17) is 4.74 Å². The maximum atomic E-state index is 11.3. The highest BCUT2D eigenvalue weighted by atomic mass is 28.3. The van der Waals surface area contributed by atoms with Gasteiger partial charge in [-0.15, -0.1) is 0 Å². The maximum absolute atomic E-state index is 11.3. The number of esters is 1. The quantitative estimate of drug-likeness (QED) is 0.491. The van der Waals surface area contributed by atoms with Crippen LogP contribution in [-0.2, 0) is 9.53 Å². The molecule has 0 amide bonds. The molecule has 0 heterocycles. The van der Waals surface area contributed by atoms with Gasteiger partial charge in [-0.3, -0.25) is 4.79 Å². The van der Waals surface area contributed by atoms with E-state index in [2.05, 4.69) is 19.6 Å². The van der Waals surface area contributed by atoms with Crippen LogP contribution in [0, 0.1) is 5.41 Å². The average Bonchev–Trinajstić information content (AvgIpc) is 1.78. The second-order valence-corrected chi connectivity index (χ2v) is 10.8. The van der Waals surface area contributed by atoms with Crippen molar-refractivity contribution in [2.75, 3.05) is 6.23 Å². The number of ether oxygens (including phenoxy) is 1. The van der Waals surface area contributed by atoms with E-state index < -0.39 is 8.07 Å². The van der Waals surface area contributed by atoms with Crippen LogP contribution in [-0.4, -0.2) is 20.3 Å². The molecule has 0 aromatic carbocycles. The Balaban J connectivity index is 3.90. The van der Waals surface area contributed by atoms with Crippen molar-refractivity contribution in [1.82, 2.24) is 0 Å². The first-order chi connectivity index (χ1) is 5.13. The summed E-state index contributed by atoms with van der Waals surface area (Å²) < 4.78 is 5.19. The lowest BCUT2D eigenvalue weighted by atomic mass is 9.98. The maximum Gasteiger partial charge on any atom is 0.310 e. The Morgan fingerprint density at radius 2 is 1.67 bits per heavy atom. The summed E-state index contributed by atoms with van der Waals surface area (Å²) in [7, 11) is -1.24. The standard InChI is InChI=1S/C9H20O2Si/c1-9(2,3)8(10)11-7-12(4,5)6/h7H2,1-6H3. The van der Waals surface area contributed by atoms with Crippen molar-refractivity contribution in [3.8, 4) is 0 Å². The highest BCUT2D eigenvalue weighted by Gasteiger charge is 2.25. The van der Waals surface area contributed by atoms with Gasteiger partial charge in [0.05, 0.1) is 19.7 Å². The average molecular weight is 188 g/mol. The fourth-order valence-electron chi connectivity index (χ4n) is 0.499. The van der Waals surface area contributed by atoms with Crippen molar-refractivity contribution < 1.29 is 9.53 Å². The molecule has 0 atom stereocenters. The molecule has 0 N–H and O–H groups in total. The van der Waals surface area contributed by atoms with Crippen molar-refractivity contribution in [1.29, 1.82) is 0 Å². The van der Waals surface area contributed by atoms with Crippen molar-refractivity contribution in [3.05, 3.63) is 0 Å². The van der Waals surface area contributed by atoms with Crippen LogP contribution in [0.5, 0.6) is 0 Å². The van der Waals surface area contributed by atoms with E-state index in [1.54, 1.807) is 0 Å². The third kappa shape index (κ3) is 5.35. The predicted octanol–water partition coefficient (Wildman–Crippen LogP) is 2.45. The van der Waals surface area contributed by atoms with Crippen molar-refractivity contribution in [2.45, 2.75) is 40.4 Å². The van der Waals surface area contributed by atoms with Gasteiger partial charge in [0.1, 0.15) is 0 Å². The lowest BCUT2D eigenvalue weighted by Crippen LogP contribution is -2.33. The molecule has 12 heavy (non-hydrogen) atoms. The Morgan fingerprint density at radius 3 is 1.92 bits per heavy atom. The second-order valence-electron chi connectivity index (χ2n) is 5.39. The minimum Gasteiger partial charge on any atom is -0.469 e. The lowest BCUT2D eigenvalue weighted by molar-refractivity contribution is -0.151. The van der Waals surface area contributed by atoms with Gasteiger partial charge in [-0.2, -0.15) is 0 Å². The minimum atomic E-state index is -1.24. The zero-order chi connectivity index (χ0) is 9.99. The molecular formula is C9H20O2Si. The monoisotopic (exact) mass is 188 g/mol. The molecule has 0 rings (SSSR count). The molecule has 0 saturated heterocycles. The summed E-state index contributed by atoms with van der Waals surface area (Å²) in [6, 6.07) is 0. The third-order valence-corrected chi connectivity index (χ3v) is 2.26. The zero-order valence-corrected chi connectivity index (χ0v) is 10.0. The van der Waals surface area contributed by atoms with Gasteiger partial charge in [0.25, 0.3) is 0 Å². The van der Waals surface area contributed by atoms with Gasteiger partial charge in [0.2, 0.25) is 0 Å². The second kappa shape index (κ2) is 3.60. The number of rotatable bonds is 2. The van der Waals surface area contributed by atoms with Crippen LogP contribution in [0.25, 0.3) is 0 Å². The Kier molecular flexibility index (Phi) is 3.51. The molecular weight excluding hydrogens is 168 g/mol. The van der Waals surface area contributed by atoms with E-state index in [9.17, 15) is 4.79 Å². The summed E-state index contributed by atoms with van der Waals surface area (Å²) in [4.78, 5) is 11.3. The first-order valence-corrected chi connectivity index (χ1v) is 8.01. The van der Waals surface area contributed by atoms with Crippen molar-refractivity contribution in [3.63, 3.8) is 0 Å². The van der Waals surface area contributed by atoms with Crippen LogP contribution < -0.4 is 0 Å². The summed E-state index contributed by atoms with van der Waals surface area (Å²) in [5.74, 6) is -0.0927. The summed E-state index contributed by atoms with van der Waals surface area (Å²) in [6.45, 7) is 12.2. The van der Waals surface area contributed by atoms with Gasteiger partial charge >= 0.3 is 5.97 Å². The summed E-state index contributed by atoms with van der Waals surface area (Å²) in [5.41, 5.74) is -0.361. The third-order valence-electron chi connectivity index (χ3n) is 1.25. The summed E-state index contributed by atoms with van der Waals surface area (Å²) >= 11 is 0. The molecule has 2 nitrogen and oxygen atoms in total. The zero-order valence-electron chi connectivity index (χ0n) is 9.02. The highest BCUT2D eigenvalue weighted by molar-refractivity contribution is 6.76. The highest BCUT2D eigenvalue weighted by Crippen LogP contribution is 2.16. The first kappa shape index (κ1) is 11.7. The Hall–Kier alpha value is -0.313. The molecule has 0 unspecified atom stereocenters. The molecule has 0 fully saturated rings. The largest absolute Gasteiger partial charge is 0.469 e. The van der Waals surface area contributed by atoms with Gasteiger partial charge in [0.15, 0.2) is 0 Å². The van der Waals surface area contributed by atoms with E-state index in [1.807, 2.05) is 20.8 Å². The van der Waals surface area contributed by atoms with Crippen LogP contribution in [0.1, 0.15) is 20.8 Å². The van der Waals surface area contributed by atoms with Gasteiger partial charge in [-0.1, -0.05) is 19.6 Å². The van der Waals surface area contributed by atoms with Crippen LogP contribution in [0.4, 0.5) is 0 Å². The number of carbonyl (C=O) groups excluding carboxylic acids is 1. The number of carbonyl (C=O) groups is 1. The normalized spacial score (nSPS) is 12.8. The van der Waals surface area contributed by atoms with E-state index in [1.165, 1.54) is 0 Å². The summed E-state index contributed by atoms with van der Waals surface area (Å²) in [6.07, 6.45) is 0.628. The molecule has 72 valence electrons. The van der Waals surface area contributed by atoms with Crippen molar-refractivity contribution >= 4 is 14.0 Å². The number of hydrogen-bond donors (Lipinski definition) is 0. The van der Waals surface area contributed by atoms with E-state index in [-0.39, 0.29) is 11.4 Å². The fourth-order valence-corrected chi connectivity index (χ4v) is 1.06. The molecule has 0 aliphatic rings. The predicted molar refractivity (Wildman–Crippen MR) is 53.8 cm³/mol. The Bertz CT molecular complexity index is 162. The molecule has 0 radical (unpaired) electrons. The molecule has 0 aliphatic heterocycles. The lowest BCUT2D eigenvalue weighted by Gasteiger charge is -2.21. The van der Waals surface area contributed by atoms with Gasteiger partial charge < -0.3 is 4.74 Å². The smallest absolute Gasteiger partial charge is 0.310 e. The van der Waals surface area contributed by atoms with Gasteiger partial charge in [-0.25, -0.2) is 0 Å². The molecule has 0 aromatic heterocycles. The Labute approximate surface area is 76.3 Å². The SMILES string of the molecule is CC(C)(C)C(=O)OC[Si](C)(C)C. The van der Waals surface area contributed by atoms with E-state index in [0.29, 0.717) is 6.23 Å². The van der Waals surface area contributed by atoms with Crippen LogP contribution in [0.15, 0.2) is 0 Å². The minimum absolute atomic E-state index is 0.0927. The molecule has 0 aromatic rings. The van der Waals surface area contributed by atoms with E-state index >= 15 is 0 Å². The number of hydrogen-bond acceptors (Lipinski definition) is 2. The van der Waals surface area contributed by atoms with Gasteiger partial charge in [-0.05, 0) is 20.8 Å². The molecule has 0 aliphatic carbocycles. The van der Waals surface area contributed by atoms with E-state index in [0.717, 1.165) is 0 Å². The molecule has 3 heteroatoms. The molecule has 0 spiro atoms. The molecule has 0 saturated carbocycles. The first-order valence-electron chi connectivity index (χ1n) is 4.30. The van der Waals surface area contributed by atoms with Crippen LogP contribution >= 0.6 is 0 Å². The van der Waals surface area contributed by atoms with Crippen LogP contribution in [0.2, 0.25) is 19.6 Å². The van der Waals surface area contributed by atoms with Gasteiger partial charge in [0, 0.05) is 0 Å².